The van der Waals surface area contributed by atoms with Crippen molar-refractivity contribution in [3.8, 4) is 0 Å². The average molecular weight is 235 g/mol. The van der Waals surface area contributed by atoms with Crippen molar-refractivity contribution in [1.29, 1.82) is 0 Å². The molecule has 1 amide bonds. The van der Waals surface area contributed by atoms with E-state index in [4.69, 9.17) is 0 Å². The van der Waals surface area contributed by atoms with Gasteiger partial charge in [0.1, 0.15) is 0 Å². The van der Waals surface area contributed by atoms with Crippen molar-refractivity contribution >= 4 is 17.7 Å². The lowest BCUT2D eigenvalue weighted by Gasteiger charge is -2.20. The lowest BCUT2D eigenvalue weighted by molar-refractivity contribution is -0.130. The van der Waals surface area contributed by atoms with Crippen LogP contribution >= 0.6 is 11.8 Å². The third-order valence-electron chi connectivity index (χ3n) is 2.92. The second-order valence-corrected chi connectivity index (χ2v) is 5.47. The van der Waals surface area contributed by atoms with Crippen molar-refractivity contribution in [2.24, 2.45) is 0 Å². The van der Waals surface area contributed by atoms with Gasteiger partial charge in [0.05, 0.1) is 5.37 Å². The molecular weight excluding hydrogens is 218 g/mol. The van der Waals surface area contributed by atoms with Crippen LogP contribution in [0.2, 0.25) is 0 Å². The van der Waals surface area contributed by atoms with Gasteiger partial charge < -0.3 is 4.90 Å². The maximum atomic E-state index is 11.9. The average Bonchev–Trinajstić information content (AvgIpc) is 2.74. The predicted octanol–water partition coefficient (Wildman–Crippen LogP) is 2.54. The Labute approximate surface area is 101 Å². The molecule has 2 rings (SSSR count). The van der Waals surface area contributed by atoms with Gasteiger partial charge in [-0.3, -0.25) is 4.79 Å². The molecule has 0 radical (unpaired) electrons. The van der Waals surface area contributed by atoms with Crippen molar-refractivity contribution in [3.63, 3.8) is 0 Å². The standard InChI is InChI=1S/C13H17NOS/c1-11-14(9-10-16-11)13(15)8-7-12-5-3-2-4-6-12/h2-6,11H,7-10H2,1H3. The molecule has 1 saturated heterocycles. The molecule has 1 fully saturated rings. The number of amides is 1. The van der Waals surface area contributed by atoms with Gasteiger partial charge in [0.25, 0.3) is 0 Å². The highest BCUT2D eigenvalue weighted by Gasteiger charge is 2.24. The lowest BCUT2D eigenvalue weighted by Crippen LogP contribution is -2.33. The molecule has 0 spiro atoms. The minimum atomic E-state index is 0.293. The van der Waals surface area contributed by atoms with Gasteiger partial charge in [0.2, 0.25) is 5.91 Å². The Morgan fingerprint density at radius 2 is 2.19 bits per heavy atom. The smallest absolute Gasteiger partial charge is 0.223 e. The normalized spacial score (nSPS) is 20.1. The lowest BCUT2D eigenvalue weighted by atomic mass is 10.1. The summed E-state index contributed by atoms with van der Waals surface area (Å²) in [7, 11) is 0. The number of carbonyl (C=O) groups excluding carboxylic acids is 1. The first-order chi connectivity index (χ1) is 7.77. The van der Waals surface area contributed by atoms with Crippen LogP contribution in [0.4, 0.5) is 0 Å². The highest BCUT2D eigenvalue weighted by Crippen LogP contribution is 2.23. The zero-order valence-electron chi connectivity index (χ0n) is 9.56. The first kappa shape index (κ1) is 11.5. The summed E-state index contributed by atoms with van der Waals surface area (Å²) >= 11 is 1.86. The van der Waals surface area contributed by atoms with E-state index in [0.717, 1.165) is 18.7 Å². The van der Waals surface area contributed by atoms with Crippen LogP contribution < -0.4 is 0 Å². The summed E-state index contributed by atoms with van der Waals surface area (Å²) in [4.78, 5) is 13.9. The van der Waals surface area contributed by atoms with Gasteiger partial charge in [0, 0.05) is 18.7 Å². The van der Waals surface area contributed by atoms with Gasteiger partial charge >= 0.3 is 0 Å². The van der Waals surface area contributed by atoms with E-state index in [0.29, 0.717) is 17.7 Å². The molecule has 1 aromatic rings. The summed E-state index contributed by atoms with van der Waals surface area (Å²) in [5.74, 6) is 1.37. The Kier molecular flexibility index (Phi) is 3.88. The number of hydrogen-bond acceptors (Lipinski definition) is 2. The number of hydrogen-bond donors (Lipinski definition) is 0. The van der Waals surface area contributed by atoms with Crippen LogP contribution in [0.25, 0.3) is 0 Å². The minimum Gasteiger partial charge on any atom is -0.330 e. The van der Waals surface area contributed by atoms with E-state index in [2.05, 4.69) is 19.1 Å². The van der Waals surface area contributed by atoms with E-state index in [1.807, 2.05) is 34.9 Å². The fraction of sp³-hybridized carbons (Fsp3) is 0.462. The van der Waals surface area contributed by atoms with Crippen LogP contribution in [-0.2, 0) is 11.2 Å². The van der Waals surface area contributed by atoms with Crippen LogP contribution in [0.5, 0.6) is 0 Å². The van der Waals surface area contributed by atoms with Crippen molar-refractivity contribution < 1.29 is 4.79 Å². The molecule has 16 heavy (non-hydrogen) atoms. The van der Waals surface area contributed by atoms with Gasteiger partial charge in [-0.2, -0.15) is 0 Å². The monoisotopic (exact) mass is 235 g/mol. The molecule has 86 valence electrons. The maximum Gasteiger partial charge on any atom is 0.223 e. The number of benzene rings is 1. The minimum absolute atomic E-state index is 0.293. The predicted molar refractivity (Wildman–Crippen MR) is 68.4 cm³/mol. The van der Waals surface area contributed by atoms with Gasteiger partial charge in [-0.05, 0) is 18.9 Å². The first-order valence-corrected chi connectivity index (χ1v) is 6.77. The molecule has 0 aliphatic carbocycles. The zero-order chi connectivity index (χ0) is 11.4. The van der Waals surface area contributed by atoms with Gasteiger partial charge in [-0.25, -0.2) is 0 Å². The van der Waals surface area contributed by atoms with Crippen molar-refractivity contribution in [1.82, 2.24) is 4.90 Å². The summed E-state index contributed by atoms with van der Waals surface area (Å²) in [5, 5.41) is 0.364. The van der Waals surface area contributed by atoms with E-state index >= 15 is 0 Å². The molecule has 1 aliphatic heterocycles. The van der Waals surface area contributed by atoms with Crippen molar-refractivity contribution in [3.05, 3.63) is 35.9 Å². The second kappa shape index (κ2) is 5.39. The summed E-state index contributed by atoms with van der Waals surface area (Å²) in [6, 6.07) is 10.2. The summed E-state index contributed by atoms with van der Waals surface area (Å²) < 4.78 is 0. The molecular formula is C13H17NOS. The molecule has 0 N–H and O–H groups in total. The van der Waals surface area contributed by atoms with Crippen molar-refractivity contribution in [2.45, 2.75) is 25.1 Å². The van der Waals surface area contributed by atoms with Crippen LogP contribution in [-0.4, -0.2) is 28.5 Å². The second-order valence-electron chi connectivity index (χ2n) is 4.04. The van der Waals surface area contributed by atoms with Crippen LogP contribution in [0.1, 0.15) is 18.9 Å². The highest BCUT2D eigenvalue weighted by molar-refractivity contribution is 8.00. The zero-order valence-corrected chi connectivity index (χ0v) is 10.4. The Morgan fingerprint density at radius 1 is 1.44 bits per heavy atom. The molecule has 1 aromatic carbocycles. The van der Waals surface area contributed by atoms with Crippen LogP contribution in [0, 0.1) is 0 Å². The summed E-state index contributed by atoms with van der Waals surface area (Å²) in [6.45, 7) is 3.03. The van der Waals surface area contributed by atoms with E-state index in [-0.39, 0.29) is 0 Å². The third kappa shape index (κ3) is 2.79. The van der Waals surface area contributed by atoms with E-state index in [9.17, 15) is 4.79 Å². The number of rotatable bonds is 3. The molecule has 0 saturated carbocycles. The Hall–Kier alpha value is -0.960. The Bertz CT molecular complexity index is 352. The molecule has 2 nitrogen and oxygen atoms in total. The quantitative estimate of drug-likeness (QED) is 0.802. The van der Waals surface area contributed by atoms with Crippen LogP contribution in [0.15, 0.2) is 30.3 Å². The molecule has 1 unspecified atom stereocenters. The molecule has 1 aliphatic rings. The van der Waals surface area contributed by atoms with Gasteiger partial charge in [-0.1, -0.05) is 30.3 Å². The van der Waals surface area contributed by atoms with Crippen molar-refractivity contribution in [2.75, 3.05) is 12.3 Å². The molecule has 1 atom stereocenters. The summed E-state index contributed by atoms with van der Waals surface area (Å²) in [5.41, 5.74) is 1.25. The molecule has 3 heteroatoms. The Morgan fingerprint density at radius 3 is 2.81 bits per heavy atom. The molecule has 0 aromatic heterocycles. The summed E-state index contributed by atoms with van der Waals surface area (Å²) in [6.07, 6.45) is 1.49. The number of nitrogens with zero attached hydrogens (tertiary/aromatic N) is 1. The van der Waals surface area contributed by atoms with Gasteiger partial charge in [0.15, 0.2) is 0 Å². The number of carbonyl (C=O) groups is 1. The SMILES string of the molecule is CC1SCCN1C(=O)CCc1ccccc1. The highest BCUT2D eigenvalue weighted by atomic mass is 32.2. The molecule has 0 bridgehead atoms. The molecule has 1 heterocycles. The first-order valence-electron chi connectivity index (χ1n) is 5.72. The van der Waals surface area contributed by atoms with Crippen LogP contribution in [0.3, 0.4) is 0 Å². The fourth-order valence-corrected chi connectivity index (χ4v) is 3.01. The van der Waals surface area contributed by atoms with E-state index < -0.39 is 0 Å². The van der Waals surface area contributed by atoms with E-state index in [1.54, 1.807) is 0 Å². The fourth-order valence-electron chi connectivity index (χ4n) is 1.96. The Balaban J connectivity index is 1.84. The topological polar surface area (TPSA) is 20.3 Å². The van der Waals surface area contributed by atoms with Gasteiger partial charge in [-0.15, -0.1) is 11.8 Å². The number of aryl methyl sites for hydroxylation is 1. The largest absolute Gasteiger partial charge is 0.330 e. The third-order valence-corrected chi connectivity index (χ3v) is 4.08. The number of thioether (sulfide) groups is 1. The van der Waals surface area contributed by atoms with E-state index in [1.165, 1.54) is 5.56 Å². The maximum absolute atomic E-state index is 11.9.